The summed E-state index contributed by atoms with van der Waals surface area (Å²) in [6.45, 7) is 4.42. The maximum Gasteiger partial charge on any atom is 0.254 e. The van der Waals surface area contributed by atoms with Crippen LogP contribution in [0.1, 0.15) is 70.3 Å². The SMILES string of the molecule is C/C=C/COc1ccc(C2CCC(C3CCC(/C=C/C)C(F)(F)C3)CC2)cc1. The summed E-state index contributed by atoms with van der Waals surface area (Å²) in [4.78, 5) is 0. The highest BCUT2D eigenvalue weighted by atomic mass is 19.3. The van der Waals surface area contributed by atoms with Crippen molar-refractivity contribution in [1.82, 2.24) is 0 Å². The molecule has 0 N–H and O–H groups in total. The van der Waals surface area contributed by atoms with Crippen molar-refractivity contribution in [3.63, 3.8) is 0 Å². The van der Waals surface area contributed by atoms with Gasteiger partial charge in [0.1, 0.15) is 12.4 Å². The summed E-state index contributed by atoms with van der Waals surface area (Å²) in [5.74, 6) is -0.971. The molecule has 3 rings (SSSR count). The van der Waals surface area contributed by atoms with Gasteiger partial charge in [-0.05, 0) is 87.8 Å². The predicted molar refractivity (Wildman–Crippen MR) is 112 cm³/mol. The third-order valence-electron chi connectivity index (χ3n) is 6.72. The van der Waals surface area contributed by atoms with Gasteiger partial charge in [-0.2, -0.15) is 0 Å². The van der Waals surface area contributed by atoms with Crippen LogP contribution in [0.5, 0.6) is 5.75 Å². The summed E-state index contributed by atoms with van der Waals surface area (Å²) >= 11 is 0. The topological polar surface area (TPSA) is 9.23 Å². The minimum Gasteiger partial charge on any atom is -0.490 e. The van der Waals surface area contributed by atoms with Crippen molar-refractivity contribution in [2.75, 3.05) is 6.61 Å². The van der Waals surface area contributed by atoms with Gasteiger partial charge in [-0.1, -0.05) is 36.4 Å². The first-order valence-corrected chi connectivity index (χ1v) is 10.9. The fraction of sp³-hybridized carbons (Fsp3) is 0.600. The quantitative estimate of drug-likeness (QED) is 0.457. The smallest absolute Gasteiger partial charge is 0.254 e. The summed E-state index contributed by atoms with van der Waals surface area (Å²) in [5.41, 5.74) is 1.36. The van der Waals surface area contributed by atoms with E-state index in [1.165, 1.54) is 5.56 Å². The molecule has 1 aromatic rings. The van der Waals surface area contributed by atoms with Crippen molar-refractivity contribution in [2.45, 2.75) is 70.6 Å². The highest BCUT2D eigenvalue weighted by Crippen LogP contribution is 2.49. The van der Waals surface area contributed by atoms with E-state index >= 15 is 0 Å². The van der Waals surface area contributed by atoms with Crippen LogP contribution in [-0.2, 0) is 0 Å². The third-order valence-corrected chi connectivity index (χ3v) is 6.72. The number of rotatable bonds is 6. The van der Waals surface area contributed by atoms with Gasteiger partial charge in [0.25, 0.3) is 5.92 Å². The molecule has 2 aliphatic carbocycles. The molecule has 0 spiro atoms. The van der Waals surface area contributed by atoms with Crippen LogP contribution < -0.4 is 4.74 Å². The molecule has 28 heavy (non-hydrogen) atoms. The molecule has 0 aromatic heterocycles. The summed E-state index contributed by atoms with van der Waals surface area (Å²) < 4.78 is 34.6. The first kappa shape index (κ1) is 21.1. The van der Waals surface area contributed by atoms with Gasteiger partial charge in [0.05, 0.1) is 0 Å². The Morgan fingerprint density at radius 2 is 1.61 bits per heavy atom. The number of ether oxygens (including phenoxy) is 1. The second-order valence-electron chi connectivity index (χ2n) is 8.50. The number of hydrogen-bond acceptors (Lipinski definition) is 1. The van der Waals surface area contributed by atoms with Crippen LogP contribution in [0.15, 0.2) is 48.6 Å². The number of alkyl halides is 2. The summed E-state index contributed by atoms with van der Waals surface area (Å²) in [6, 6.07) is 8.45. The zero-order valence-corrected chi connectivity index (χ0v) is 17.2. The zero-order chi connectivity index (χ0) is 20.0. The van der Waals surface area contributed by atoms with E-state index < -0.39 is 11.8 Å². The normalized spacial score (nSPS) is 30.7. The molecule has 3 heteroatoms. The van der Waals surface area contributed by atoms with Gasteiger partial charge in [-0.3, -0.25) is 0 Å². The number of benzene rings is 1. The Hall–Kier alpha value is -1.64. The van der Waals surface area contributed by atoms with Crippen LogP contribution in [0.2, 0.25) is 0 Å². The maximum atomic E-state index is 14.5. The number of halogens is 2. The molecule has 0 saturated heterocycles. The molecule has 0 amide bonds. The first-order chi connectivity index (χ1) is 13.5. The second kappa shape index (κ2) is 9.71. The molecule has 0 aliphatic heterocycles. The lowest BCUT2D eigenvalue weighted by molar-refractivity contribution is -0.0956. The molecule has 2 atom stereocenters. The molecule has 0 radical (unpaired) electrons. The van der Waals surface area contributed by atoms with Crippen LogP contribution in [0.3, 0.4) is 0 Å². The second-order valence-corrected chi connectivity index (χ2v) is 8.50. The minimum atomic E-state index is -2.53. The van der Waals surface area contributed by atoms with E-state index in [9.17, 15) is 8.78 Å². The Kier molecular flexibility index (Phi) is 7.31. The molecule has 2 aliphatic rings. The summed E-state index contributed by atoms with van der Waals surface area (Å²) in [6.07, 6.45) is 13.5. The highest BCUT2D eigenvalue weighted by molar-refractivity contribution is 5.30. The van der Waals surface area contributed by atoms with Gasteiger partial charge in [-0.25, -0.2) is 8.78 Å². The largest absolute Gasteiger partial charge is 0.490 e. The predicted octanol–water partition coefficient (Wildman–Crippen LogP) is 7.54. The van der Waals surface area contributed by atoms with E-state index in [0.29, 0.717) is 24.9 Å². The summed E-state index contributed by atoms with van der Waals surface area (Å²) in [7, 11) is 0. The third kappa shape index (κ3) is 5.24. The fourth-order valence-electron chi connectivity index (χ4n) is 5.08. The van der Waals surface area contributed by atoms with E-state index in [-0.39, 0.29) is 12.3 Å². The van der Waals surface area contributed by atoms with Crippen LogP contribution in [0.25, 0.3) is 0 Å². The van der Waals surface area contributed by atoms with Crippen LogP contribution in [-0.4, -0.2) is 12.5 Å². The van der Waals surface area contributed by atoms with Crippen molar-refractivity contribution in [2.24, 2.45) is 17.8 Å². The lowest BCUT2D eigenvalue weighted by atomic mass is 9.67. The average Bonchev–Trinajstić information content (AvgIpc) is 2.70. The van der Waals surface area contributed by atoms with Gasteiger partial charge in [-0.15, -0.1) is 0 Å². The zero-order valence-electron chi connectivity index (χ0n) is 17.2. The Bertz CT molecular complexity index is 654. The number of hydrogen-bond donors (Lipinski definition) is 0. The van der Waals surface area contributed by atoms with Gasteiger partial charge < -0.3 is 4.74 Å². The molecule has 1 nitrogen and oxygen atoms in total. The minimum absolute atomic E-state index is 0.0790. The van der Waals surface area contributed by atoms with E-state index in [0.717, 1.165) is 37.9 Å². The maximum absolute atomic E-state index is 14.5. The molecule has 154 valence electrons. The van der Waals surface area contributed by atoms with E-state index in [2.05, 4.69) is 12.1 Å². The Balaban J connectivity index is 1.50. The van der Waals surface area contributed by atoms with Crippen molar-refractivity contribution in [3.8, 4) is 5.75 Å². The number of allylic oxidation sites excluding steroid dienone is 3. The average molecular weight is 389 g/mol. The van der Waals surface area contributed by atoms with Gasteiger partial charge in [0, 0.05) is 12.3 Å². The van der Waals surface area contributed by atoms with Gasteiger partial charge in [0.15, 0.2) is 0 Å². The lowest BCUT2D eigenvalue weighted by Crippen LogP contribution is -2.38. The van der Waals surface area contributed by atoms with Crippen molar-refractivity contribution >= 4 is 0 Å². The first-order valence-electron chi connectivity index (χ1n) is 10.9. The lowest BCUT2D eigenvalue weighted by Gasteiger charge is -2.41. The monoisotopic (exact) mass is 388 g/mol. The van der Waals surface area contributed by atoms with E-state index in [4.69, 9.17) is 4.74 Å². The summed E-state index contributed by atoms with van der Waals surface area (Å²) in [5, 5.41) is 0. The van der Waals surface area contributed by atoms with Crippen molar-refractivity contribution in [3.05, 3.63) is 54.1 Å². The van der Waals surface area contributed by atoms with Crippen LogP contribution >= 0.6 is 0 Å². The fourth-order valence-corrected chi connectivity index (χ4v) is 5.08. The van der Waals surface area contributed by atoms with Gasteiger partial charge >= 0.3 is 0 Å². The molecule has 0 bridgehead atoms. The molecule has 2 unspecified atom stereocenters. The van der Waals surface area contributed by atoms with Crippen LogP contribution in [0.4, 0.5) is 8.78 Å². The molecular weight excluding hydrogens is 354 g/mol. The van der Waals surface area contributed by atoms with E-state index in [1.54, 1.807) is 12.2 Å². The standard InChI is InChI=1S/C25H34F2O/c1-3-5-17-28-24-15-12-20(13-16-24)19-7-9-21(10-8-19)22-11-14-23(6-4-2)25(26,27)18-22/h3-6,12-13,15-16,19,21-23H,7-11,14,17-18H2,1-2H3/b5-3+,6-4+. The highest BCUT2D eigenvalue weighted by Gasteiger charge is 2.45. The van der Waals surface area contributed by atoms with Gasteiger partial charge in [0.2, 0.25) is 0 Å². The van der Waals surface area contributed by atoms with Crippen molar-refractivity contribution in [1.29, 1.82) is 0 Å². The van der Waals surface area contributed by atoms with Crippen LogP contribution in [0, 0.1) is 17.8 Å². The van der Waals surface area contributed by atoms with Crippen molar-refractivity contribution < 1.29 is 13.5 Å². The molecule has 1 aromatic carbocycles. The Labute approximate surface area is 168 Å². The molecular formula is C25H34F2O. The molecule has 2 saturated carbocycles. The van der Waals surface area contributed by atoms with E-state index in [1.807, 2.05) is 38.1 Å². The Morgan fingerprint density at radius 3 is 2.21 bits per heavy atom. The molecule has 2 fully saturated rings. The Morgan fingerprint density at radius 1 is 0.929 bits per heavy atom. The molecule has 0 heterocycles.